The molecule has 10 nitrogen and oxygen atoms in total. The molecule has 4 unspecified atom stereocenters. The molecule has 1 aromatic carbocycles. The fourth-order valence-corrected chi connectivity index (χ4v) is 3.08. The molecular weight excluding hydrogens is 370 g/mol. The number of esters is 1. The molecule has 2 rings (SSSR count). The number of hydrogen-bond donors (Lipinski definition) is 2. The van der Waals surface area contributed by atoms with Gasteiger partial charge < -0.3 is 20.1 Å². The van der Waals surface area contributed by atoms with Crippen molar-refractivity contribution in [2.75, 3.05) is 6.61 Å². The summed E-state index contributed by atoms with van der Waals surface area (Å²) in [5.41, 5.74) is 0.130. The second-order valence-electron chi connectivity index (χ2n) is 6.73. The zero-order valence-electron chi connectivity index (χ0n) is 15.8. The molecule has 2 N–H and O–H groups in total. The van der Waals surface area contributed by atoms with Crippen LogP contribution in [0.25, 0.3) is 0 Å². The van der Waals surface area contributed by atoms with E-state index in [0.717, 1.165) is 0 Å². The molecule has 0 saturated carbocycles. The van der Waals surface area contributed by atoms with E-state index in [1.807, 2.05) is 6.92 Å². The Kier molecular flexibility index (Phi) is 6.91. The SMILES string of the molecule is CC(=O)OCC(C)C1NC(=O)C1C(C)NC(=O)OCc1ccccc1[N+](=O)[O-]. The maximum absolute atomic E-state index is 12.0. The molecular formula is C18H23N3O7. The number of nitrogens with zero attached hydrogens (tertiary/aromatic N) is 1. The van der Waals surface area contributed by atoms with Crippen LogP contribution >= 0.6 is 0 Å². The zero-order valence-corrected chi connectivity index (χ0v) is 15.8. The van der Waals surface area contributed by atoms with Crippen molar-refractivity contribution in [1.82, 2.24) is 10.6 Å². The third-order valence-corrected chi connectivity index (χ3v) is 4.59. The van der Waals surface area contributed by atoms with Gasteiger partial charge in [-0.05, 0) is 13.0 Å². The van der Waals surface area contributed by atoms with E-state index in [4.69, 9.17) is 9.47 Å². The number of ether oxygens (including phenoxy) is 2. The van der Waals surface area contributed by atoms with Gasteiger partial charge in [0.25, 0.3) is 5.69 Å². The molecule has 1 fully saturated rings. The van der Waals surface area contributed by atoms with Crippen molar-refractivity contribution in [3.8, 4) is 0 Å². The van der Waals surface area contributed by atoms with Crippen LogP contribution < -0.4 is 10.6 Å². The summed E-state index contributed by atoms with van der Waals surface area (Å²) >= 11 is 0. The van der Waals surface area contributed by atoms with Crippen LogP contribution in [-0.4, -0.2) is 41.6 Å². The van der Waals surface area contributed by atoms with E-state index < -0.39 is 28.9 Å². The molecule has 0 bridgehead atoms. The average molecular weight is 393 g/mol. The molecule has 4 atom stereocenters. The summed E-state index contributed by atoms with van der Waals surface area (Å²) in [6.45, 7) is 4.70. The smallest absolute Gasteiger partial charge is 0.407 e. The van der Waals surface area contributed by atoms with Crippen LogP contribution in [0.5, 0.6) is 0 Å². The van der Waals surface area contributed by atoms with Gasteiger partial charge in [-0.1, -0.05) is 19.1 Å². The van der Waals surface area contributed by atoms with E-state index in [1.165, 1.54) is 25.1 Å². The topological polar surface area (TPSA) is 137 Å². The Labute approximate surface area is 161 Å². The summed E-state index contributed by atoms with van der Waals surface area (Å²) in [7, 11) is 0. The maximum Gasteiger partial charge on any atom is 0.407 e. The summed E-state index contributed by atoms with van der Waals surface area (Å²) in [6.07, 6.45) is -0.781. The predicted octanol–water partition coefficient (Wildman–Crippen LogP) is 1.52. The normalized spacial score (nSPS) is 20.2. The van der Waals surface area contributed by atoms with Crippen LogP contribution in [0.15, 0.2) is 24.3 Å². The van der Waals surface area contributed by atoms with Crippen LogP contribution in [0.4, 0.5) is 10.5 Å². The molecule has 0 aliphatic carbocycles. The van der Waals surface area contributed by atoms with Gasteiger partial charge in [-0.15, -0.1) is 0 Å². The first-order valence-corrected chi connectivity index (χ1v) is 8.80. The molecule has 28 heavy (non-hydrogen) atoms. The molecule has 1 saturated heterocycles. The Bertz CT molecular complexity index is 767. The largest absolute Gasteiger partial charge is 0.466 e. The minimum atomic E-state index is -0.781. The Morgan fingerprint density at radius 1 is 1.29 bits per heavy atom. The Morgan fingerprint density at radius 3 is 2.57 bits per heavy atom. The van der Waals surface area contributed by atoms with E-state index in [9.17, 15) is 24.5 Å². The van der Waals surface area contributed by atoms with Gasteiger partial charge in [0.1, 0.15) is 6.61 Å². The average Bonchev–Trinajstić information content (AvgIpc) is 2.62. The lowest BCUT2D eigenvalue weighted by Gasteiger charge is -2.43. The fourth-order valence-electron chi connectivity index (χ4n) is 3.08. The van der Waals surface area contributed by atoms with Crippen molar-refractivity contribution in [1.29, 1.82) is 0 Å². The fraction of sp³-hybridized carbons (Fsp3) is 0.500. The molecule has 152 valence electrons. The minimum absolute atomic E-state index is 0.126. The van der Waals surface area contributed by atoms with E-state index in [0.29, 0.717) is 0 Å². The lowest BCUT2D eigenvalue weighted by atomic mass is 9.78. The Hall–Kier alpha value is -3.17. The van der Waals surface area contributed by atoms with Crippen LogP contribution in [0, 0.1) is 22.0 Å². The number of nitro groups is 1. The second kappa shape index (κ2) is 9.16. The second-order valence-corrected chi connectivity index (χ2v) is 6.73. The number of nitrogens with one attached hydrogen (secondary N) is 2. The highest BCUT2D eigenvalue weighted by atomic mass is 16.6. The minimum Gasteiger partial charge on any atom is -0.466 e. The molecule has 2 amide bonds. The molecule has 1 aliphatic heterocycles. The number of β-lactam (4-membered cyclic amide) rings is 1. The molecule has 0 spiro atoms. The zero-order chi connectivity index (χ0) is 20.8. The van der Waals surface area contributed by atoms with Crippen molar-refractivity contribution in [3.63, 3.8) is 0 Å². The van der Waals surface area contributed by atoms with Crippen molar-refractivity contribution < 1.29 is 28.8 Å². The monoisotopic (exact) mass is 393 g/mol. The number of carbonyl (C=O) groups is 3. The van der Waals surface area contributed by atoms with Gasteiger partial charge in [0, 0.05) is 31.0 Å². The van der Waals surface area contributed by atoms with Crippen molar-refractivity contribution in [2.45, 2.75) is 39.5 Å². The molecule has 10 heteroatoms. The first kappa shape index (κ1) is 21.1. The van der Waals surface area contributed by atoms with Gasteiger partial charge in [-0.3, -0.25) is 19.7 Å². The molecule has 0 radical (unpaired) electrons. The highest BCUT2D eigenvalue weighted by Gasteiger charge is 2.46. The summed E-state index contributed by atoms with van der Waals surface area (Å²) < 4.78 is 10.0. The van der Waals surface area contributed by atoms with Crippen LogP contribution in [-0.2, 0) is 25.7 Å². The number of nitro benzene ring substituents is 1. The van der Waals surface area contributed by atoms with Crippen LogP contribution in [0.1, 0.15) is 26.3 Å². The first-order chi connectivity index (χ1) is 13.2. The maximum atomic E-state index is 12.0. The summed E-state index contributed by atoms with van der Waals surface area (Å²) in [5, 5.41) is 16.3. The van der Waals surface area contributed by atoms with Crippen LogP contribution in [0.3, 0.4) is 0 Å². The van der Waals surface area contributed by atoms with Gasteiger partial charge in [0.05, 0.1) is 23.0 Å². The molecule has 1 aliphatic rings. The van der Waals surface area contributed by atoms with E-state index in [1.54, 1.807) is 13.0 Å². The van der Waals surface area contributed by atoms with Gasteiger partial charge in [0.2, 0.25) is 5.91 Å². The number of amides is 2. The Morgan fingerprint density at radius 2 is 1.96 bits per heavy atom. The summed E-state index contributed by atoms with van der Waals surface area (Å²) in [5.74, 6) is -1.24. The lowest BCUT2D eigenvalue weighted by Crippen LogP contribution is -2.67. The highest BCUT2D eigenvalue weighted by Crippen LogP contribution is 2.26. The number of rotatable bonds is 8. The van der Waals surface area contributed by atoms with Gasteiger partial charge in [-0.25, -0.2) is 4.79 Å². The number of benzene rings is 1. The van der Waals surface area contributed by atoms with Gasteiger partial charge in [0.15, 0.2) is 0 Å². The van der Waals surface area contributed by atoms with Gasteiger partial charge in [-0.2, -0.15) is 0 Å². The van der Waals surface area contributed by atoms with Crippen molar-refractivity contribution in [2.24, 2.45) is 11.8 Å². The number of hydrogen-bond acceptors (Lipinski definition) is 7. The summed E-state index contributed by atoms with van der Waals surface area (Å²) in [6, 6.07) is 5.18. The van der Waals surface area contributed by atoms with E-state index in [2.05, 4.69) is 10.6 Å². The van der Waals surface area contributed by atoms with Gasteiger partial charge >= 0.3 is 12.1 Å². The third kappa shape index (κ3) is 5.18. The first-order valence-electron chi connectivity index (χ1n) is 8.80. The Balaban J connectivity index is 1.88. The van der Waals surface area contributed by atoms with Crippen LogP contribution in [0.2, 0.25) is 0 Å². The number of para-hydroxylation sites is 1. The van der Waals surface area contributed by atoms with E-state index in [-0.39, 0.29) is 42.3 Å². The number of alkyl carbamates (subject to hydrolysis) is 1. The summed E-state index contributed by atoms with van der Waals surface area (Å²) in [4.78, 5) is 45.3. The predicted molar refractivity (Wildman–Crippen MR) is 97.1 cm³/mol. The lowest BCUT2D eigenvalue weighted by molar-refractivity contribution is -0.385. The highest BCUT2D eigenvalue weighted by molar-refractivity contribution is 5.87. The van der Waals surface area contributed by atoms with Crippen molar-refractivity contribution in [3.05, 3.63) is 39.9 Å². The standard InChI is InChI=1S/C18H23N3O7/c1-10(8-27-12(3)22)16-15(17(23)20-16)11(2)19-18(24)28-9-13-6-4-5-7-14(13)21(25)26/h4-7,10-11,15-16H,8-9H2,1-3H3,(H,19,24)(H,20,23). The molecule has 0 aromatic heterocycles. The van der Waals surface area contributed by atoms with E-state index >= 15 is 0 Å². The molecule has 1 aromatic rings. The number of carbonyl (C=O) groups excluding carboxylic acids is 3. The molecule has 1 heterocycles. The third-order valence-electron chi connectivity index (χ3n) is 4.59. The van der Waals surface area contributed by atoms with Crippen molar-refractivity contribution >= 4 is 23.7 Å². The quantitative estimate of drug-likeness (QED) is 0.296.